The predicted molar refractivity (Wildman–Crippen MR) is 78.1 cm³/mol. The van der Waals surface area contributed by atoms with Gasteiger partial charge in [-0.05, 0) is 45.2 Å². The van der Waals surface area contributed by atoms with Gasteiger partial charge in [0.2, 0.25) is 0 Å². The molecule has 1 N–H and O–H groups in total. The highest BCUT2D eigenvalue weighted by molar-refractivity contribution is 5.20. The summed E-state index contributed by atoms with van der Waals surface area (Å²) in [7, 11) is 0. The van der Waals surface area contributed by atoms with Crippen LogP contribution in [0.3, 0.4) is 0 Å². The highest BCUT2D eigenvalue weighted by atomic mass is 16.5. The standard InChI is InChI=1S/C16H24N2O/c1-4-16(13-17,18-14(2)3)11-8-12-19-15-9-6-5-7-10-15/h5-7,9-10,14,18H,4,8,11-12H2,1-3H3. The molecule has 3 heteroatoms. The Labute approximate surface area is 116 Å². The Morgan fingerprint density at radius 1 is 1.32 bits per heavy atom. The minimum atomic E-state index is -0.422. The third-order valence-electron chi connectivity index (χ3n) is 3.14. The summed E-state index contributed by atoms with van der Waals surface area (Å²) in [5.74, 6) is 0.887. The van der Waals surface area contributed by atoms with Crippen LogP contribution in [-0.4, -0.2) is 18.2 Å². The maximum atomic E-state index is 9.39. The molecule has 1 aromatic carbocycles. The molecule has 0 fully saturated rings. The maximum Gasteiger partial charge on any atom is 0.119 e. The summed E-state index contributed by atoms with van der Waals surface area (Å²) in [5, 5.41) is 12.8. The van der Waals surface area contributed by atoms with Crippen molar-refractivity contribution in [2.75, 3.05) is 6.61 Å². The van der Waals surface area contributed by atoms with Crippen molar-refractivity contribution in [3.63, 3.8) is 0 Å². The van der Waals surface area contributed by atoms with Gasteiger partial charge in [-0.3, -0.25) is 5.32 Å². The van der Waals surface area contributed by atoms with Gasteiger partial charge in [0, 0.05) is 6.04 Å². The zero-order valence-corrected chi connectivity index (χ0v) is 12.1. The number of hydrogen-bond acceptors (Lipinski definition) is 3. The number of benzene rings is 1. The molecule has 0 aliphatic rings. The van der Waals surface area contributed by atoms with Crippen LogP contribution in [0.5, 0.6) is 5.75 Å². The lowest BCUT2D eigenvalue weighted by atomic mass is 9.91. The molecule has 0 spiro atoms. The van der Waals surface area contributed by atoms with E-state index in [1.165, 1.54) is 0 Å². The second-order valence-corrected chi connectivity index (χ2v) is 5.11. The van der Waals surface area contributed by atoms with Crippen LogP contribution >= 0.6 is 0 Å². The van der Waals surface area contributed by atoms with E-state index in [1.807, 2.05) is 30.3 Å². The Kier molecular flexibility index (Phi) is 6.38. The quantitative estimate of drug-likeness (QED) is 0.727. The number of nitriles is 1. The van der Waals surface area contributed by atoms with Gasteiger partial charge in [-0.1, -0.05) is 25.1 Å². The molecule has 1 unspecified atom stereocenters. The predicted octanol–water partition coefficient (Wildman–Crippen LogP) is 3.52. The number of ether oxygens (including phenoxy) is 1. The number of nitrogens with zero attached hydrogens (tertiary/aromatic N) is 1. The van der Waals surface area contributed by atoms with Gasteiger partial charge in [0.05, 0.1) is 12.7 Å². The van der Waals surface area contributed by atoms with E-state index in [0.717, 1.165) is 25.0 Å². The van der Waals surface area contributed by atoms with E-state index < -0.39 is 5.54 Å². The molecule has 3 nitrogen and oxygen atoms in total. The van der Waals surface area contributed by atoms with Gasteiger partial charge in [0.1, 0.15) is 11.3 Å². The fourth-order valence-electron chi connectivity index (χ4n) is 2.15. The molecule has 0 saturated heterocycles. The normalized spacial score (nSPS) is 13.8. The van der Waals surface area contributed by atoms with Crippen LogP contribution in [0.25, 0.3) is 0 Å². The molecule has 0 bridgehead atoms. The van der Waals surface area contributed by atoms with Crippen LogP contribution in [0.2, 0.25) is 0 Å². The molecule has 0 radical (unpaired) electrons. The molecule has 0 aliphatic carbocycles. The first-order valence-electron chi connectivity index (χ1n) is 6.98. The molecule has 19 heavy (non-hydrogen) atoms. The van der Waals surface area contributed by atoms with Crippen molar-refractivity contribution < 1.29 is 4.74 Å². The van der Waals surface area contributed by atoms with Gasteiger partial charge in [0.15, 0.2) is 0 Å². The monoisotopic (exact) mass is 260 g/mol. The molecule has 1 atom stereocenters. The highest BCUT2D eigenvalue weighted by Crippen LogP contribution is 2.18. The van der Waals surface area contributed by atoms with E-state index in [-0.39, 0.29) is 0 Å². The molecule has 0 amide bonds. The summed E-state index contributed by atoms with van der Waals surface area (Å²) >= 11 is 0. The Morgan fingerprint density at radius 3 is 2.53 bits per heavy atom. The van der Waals surface area contributed by atoms with Gasteiger partial charge in [-0.25, -0.2) is 0 Å². The Hall–Kier alpha value is -1.53. The minimum absolute atomic E-state index is 0.314. The lowest BCUT2D eigenvalue weighted by molar-refractivity contribution is 0.269. The second-order valence-electron chi connectivity index (χ2n) is 5.11. The van der Waals surface area contributed by atoms with Crippen LogP contribution in [-0.2, 0) is 0 Å². The zero-order valence-electron chi connectivity index (χ0n) is 12.1. The number of rotatable bonds is 8. The maximum absolute atomic E-state index is 9.39. The average molecular weight is 260 g/mol. The van der Waals surface area contributed by atoms with Gasteiger partial charge >= 0.3 is 0 Å². The van der Waals surface area contributed by atoms with Gasteiger partial charge < -0.3 is 4.74 Å². The Balaban J connectivity index is 2.39. The Morgan fingerprint density at radius 2 is 2.00 bits per heavy atom. The van der Waals surface area contributed by atoms with Crippen molar-refractivity contribution in [1.82, 2.24) is 5.32 Å². The lowest BCUT2D eigenvalue weighted by Gasteiger charge is -2.29. The first kappa shape index (κ1) is 15.5. The SMILES string of the molecule is CCC(C#N)(CCCOc1ccccc1)NC(C)C. The molecular formula is C16H24N2O. The van der Waals surface area contributed by atoms with Crippen molar-refractivity contribution in [2.45, 2.75) is 51.6 Å². The van der Waals surface area contributed by atoms with Crippen molar-refractivity contribution >= 4 is 0 Å². The van der Waals surface area contributed by atoms with Crippen molar-refractivity contribution in [1.29, 1.82) is 5.26 Å². The van der Waals surface area contributed by atoms with Gasteiger partial charge in [0.25, 0.3) is 0 Å². The third kappa shape index (κ3) is 5.32. The molecule has 104 valence electrons. The summed E-state index contributed by atoms with van der Waals surface area (Å²) in [6.45, 7) is 6.84. The van der Waals surface area contributed by atoms with E-state index in [0.29, 0.717) is 12.6 Å². The van der Waals surface area contributed by atoms with Crippen molar-refractivity contribution in [2.24, 2.45) is 0 Å². The first-order chi connectivity index (χ1) is 9.12. The molecular weight excluding hydrogens is 236 g/mol. The summed E-state index contributed by atoms with van der Waals surface area (Å²) < 4.78 is 5.66. The number of para-hydroxylation sites is 1. The zero-order chi connectivity index (χ0) is 14.1. The first-order valence-corrected chi connectivity index (χ1v) is 6.98. The summed E-state index contributed by atoms with van der Waals surface area (Å²) in [4.78, 5) is 0. The molecule has 1 rings (SSSR count). The summed E-state index contributed by atoms with van der Waals surface area (Å²) in [6.07, 6.45) is 2.49. The number of hydrogen-bond donors (Lipinski definition) is 1. The van der Waals surface area contributed by atoms with Crippen molar-refractivity contribution in [3.05, 3.63) is 30.3 Å². The van der Waals surface area contributed by atoms with E-state index in [2.05, 4.69) is 32.2 Å². The van der Waals surface area contributed by atoms with E-state index in [4.69, 9.17) is 4.74 Å². The number of nitrogens with one attached hydrogen (secondary N) is 1. The minimum Gasteiger partial charge on any atom is -0.494 e. The fraction of sp³-hybridized carbons (Fsp3) is 0.562. The smallest absolute Gasteiger partial charge is 0.119 e. The largest absolute Gasteiger partial charge is 0.494 e. The van der Waals surface area contributed by atoms with Crippen LogP contribution in [0.15, 0.2) is 30.3 Å². The summed E-state index contributed by atoms with van der Waals surface area (Å²) in [5.41, 5.74) is -0.422. The van der Waals surface area contributed by atoms with E-state index >= 15 is 0 Å². The molecule has 1 aromatic rings. The van der Waals surface area contributed by atoms with E-state index in [9.17, 15) is 5.26 Å². The third-order valence-corrected chi connectivity index (χ3v) is 3.14. The van der Waals surface area contributed by atoms with E-state index in [1.54, 1.807) is 0 Å². The fourth-order valence-corrected chi connectivity index (χ4v) is 2.15. The van der Waals surface area contributed by atoms with Gasteiger partial charge in [-0.2, -0.15) is 5.26 Å². The summed E-state index contributed by atoms with van der Waals surface area (Å²) in [6, 6.07) is 12.5. The van der Waals surface area contributed by atoms with Crippen LogP contribution < -0.4 is 10.1 Å². The van der Waals surface area contributed by atoms with Crippen molar-refractivity contribution in [3.8, 4) is 11.8 Å². The van der Waals surface area contributed by atoms with Crippen LogP contribution in [0.1, 0.15) is 40.0 Å². The molecule has 0 aromatic heterocycles. The van der Waals surface area contributed by atoms with Gasteiger partial charge in [-0.15, -0.1) is 0 Å². The molecule has 0 aliphatic heterocycles. The molecule has 0 saturated carbocycles. The van der Waals surface area contributed by atoms with Crippen LogP contribution in [0, 0.1) is 11.3 Å². The average Bonchev–Trinajstić information content (AvgIpc) is 2.43. The highest BCUT2D eigenvalue weighted by Gasteiger charge is 2.27. The molecule has 0 heterocycles. The Bertz CT molecular complexity index is 397. The topological polar surface area (TPSA) is 45.0 Å². The van der Waals surface area contributed by atoms with Crippen LogP contribution in [0.4, 0.5) is 0 Å². The lowest BCUT2D eigenvalue weighted by Crippen LogP contribution is -2.47. The second kappa shape index (κ2) is 7.81.